The van der Waals surface area contributed by atoms with Gasteiger partial charge in [-0.1, -0.05) is 0 Å². The molecular formula is C22H28ClO7P2-. The Morgan fingerprint density at radius 3 is 1.97 bits per heavy atom. The first-order chi connectivity index (χ1) is 14.8. The van der Waals surface area contributed by atoms with Crippen LogP contribution in [0.1, 0.15) is 51.0 Å². The van der Waals surface area contributed by atoms with E-state index in [0.717, 1.165) is 11.1 Å². The van der Waals surface area contributed by atoms with Crippen molar-refractivity contribution in [1.82, 2.24) is 0 Å². The maximum absolute atomic E-state index is 13.7. The fourth-order valence-electron chi connectivity index (χ4n) is 3.84. The molecule has 0 aromatic heterocycles. The van der Waals surface area contributed by atoms with Gasteiger partial charge < -0.3 is 0 Å². The molecule has 2 aromatic rings. The van der Waals surface area contributed by atoms with Crippen LogP contribution in [0.15, 0.2) is 60.7 Å². The van der Waals surface area contributed by atoms with Crippen molar-refractivity contribution in [1.29, 1.82) is 0 Å². The Morgan fingerprint density at radius 2 is 1.41 bits per heavy atom. The summed E-state index contributed by atoms with van der Waals surface area (Å²) >= 11 is 6.37. The molecule has 0 N–H and O–H groups in total. The molecule has 1 unspecified atom stereocenters. The molecule has 4 rings (SSSR count). The Hall–Kier alpha value is -0.690. The topological polar surface area (TPSA) is 92.3 Å². The quantitative estimate of drug-likeness (QED) is 0.518. The number of hydrogen-bond acceptors (Lipinski definition) is 7. The van der Waals surface area contributed by atoms with Crippen molar-refractivity contribution in [3.05, 3.63) is 71.8 Å². The molecule has 0 aliphatic carbocycles. The maximum atomic E-state index is 13.7. The van der Waals surface area contributed by atoms with Crippen LogP contribution < -0.4 is 9.79 Å². The minimum atomic E-state index is -5.59. The molecule has 0 amide bonds. The molecule has 7 nitrogen and oxygen atoms in total. The number of halogens is 1. The zero-order valence-corrected chi connectivity index (χ0v) is 21.0. The zero-order valence-electron chi connectivity index (χ0n) is 18.5. The SMILES string of the molecule is CC1(C)CO[P+]([O-])(OP2([O-])(Cl)OCC(C)(C)[C@@H](c3ccccc3)O2)O[C@@H]1c1ccccc1. The van der Waals surface area contributed by atoms with Crippen molar-refractivity contribution in [2.45, 2.75) is 39.9 Å². The van der Waals surface area contributed by atoms with E-state index in [-0.39, 0.29) is 13.2 Å². The molecule has 2 saturated heterocycles. The van der Waals surface area contributed by atoms with Gasteiger partial charge in [-0.05, 0) is 0 Å². The van der Waals surface area contributed by atoms with Gasteiger partial charge in [0.25, 0.3) is 0 Å². The van der Waals surface area contributed by atoms with Gasteiger partial charge in [-0.2, -0.15) is 0 Å². The molecule has 2 aliphatic rings. The van der Waals surface area contributed by atoms with E-state index in [1.165, 1.54) is 0 Å². The van der Waals surface area contributed by atoms with Gasteiger partial charge in [0.15, 0.2) is 0 Å². The van der Waals surface area contributed by atoms with Crippen LogP contribution in [0.4, 0.5) is 0 Å². The van der Waals surface area contributed by atoms with Crippen molar-refractivity contribution in [2.24, 2.45) is 10.8 Å². The van der Waals surface area contributed by atoms with Gasteiger partial charge in [-0.25, -0.2) is 0 Å². The van der Waals surface area contributed by atoms with Crippen LogP contribution in [0, 0.1) is 10.8 Å². The predicted octanol–water partition coefficient (Wildman–Crippen LogP) is 5.40. The van der Waals surface area contributed by atoms with E-state index in [1.54, 1.807) is 0 Å². The molecule has 3 atom stereocenters. The third kappa shape index (κ3) is 5.03. The first-order valence-electron chi connectivity index (χ1n) is 10.4. The molecule has 32 heavy (non-hydrogen) atoms. The summed E-state index contributed by atoms with van der Waals surface area (Å²) in [4.78, 5) is 27.3. The Kier molecular flexibility index (Phi) is 6.27. The molecule has 0 spiro atoms. The number of rotatable bonds is 4. The third-order valence-corrected chi connectivity index (χ3v) is 10.5. The summed E-state index contributed by atoms with van der Waals surface area (Å²) in [6, 6.07) is 18.5. The van der Waals surface area contributed by atoms with E-state index < -0.39 is 38.1 Å². The molecular weight excluding hydrogens is 474 g/mol. The van der Waals surface area contributed by atoms with Crippen LogP contribution in [0.2, 0.25) is 0 Å². The van der Waals surface area contributed by atoms with Crippen LogP contribution in [0.3, 0.4) is 0 Å². The molecule has 176 valence electrons. The number of phosphoric acid groups is 1. The van der Waals surface area contributed by atoms with E-state index in [1.807, 2.05) is 88.4 Å². The Labute approximate surface area is 194 Å². The monoisotopic (exact) mass is 501 g/mol. The van der Waals surface area contributed by atoms with Crippen molar-refractivity contribution in [3.8, 4) is 0 Å². The van der Waals surface area contributed by atoms with Crippen molar-refractivity contribution < 1.29 is 32.2 Å². The average Bonchev–Trinajstić information content (AvgIpc) is 2.74. The number of phosphoric ester groups is 1. The van der Waals surface area contributed by atoms with Gasteiger partial charge in [0.05, 0.1) is 0 Å². The van der Waals surface area contributed by atoms with E-state index in [4.69, 9.17) is 33.6 Å². The van der Waals surface area contributed by atoms with E-state index >= 15 is 0 Å². The van der Waals surface area contributed by atoms with Gasteiger partial charge in [0, 0.05) is 0 Å². The first-order valence-corrected chi connectivity index (χ1v) is 14.6. The summed E-state index contributed by atoms with van der Waals surface area (Å²) in [5.74, 6) is 0. The molecule has 0 radical (unpaired) electrons. The molecule has 0 saturated carbocycles. The van der Waals surface area contributed by atoms with Gasteiger partial charge in [0.2, 0.25) is 0 Å². The fraction of sp³-hybridized carbons (Fsp3) is 0.455. The van der Waals surface area contributed by atoms with Gasteiger partial charge in [-0.15, -0.1) is 0 Å². The van der Waals surface area contributed by atoms with Crippen LogP contribution in [-0.2, 0) is 22.4 Å². The summed E-state index contributed by atoms with van der Waals surface area (Å²) < 4.78 is 27.9. The second kappa shape index (κ2) is 8.21. The number of hydrogen-bond donors (Lipinski definition) is 0. The predicted molar refractivity (Wildman–Crippen MR) is 121 cm³/mol. The molecule has 10 heteroatoms. The average molecular weight is 502 g/mol. The van der Waals surface area contributed by atoms with Gasteiger partial charge in [0.1, 0.15) is 0 Å². The fourth-order valence-corrected chi connectivity index (χ4v) is 9.43. The van der Waals surface area contributed by atoms with Crippen LogP contribution in [-0.4, -0.2) is 13.2 Å². The number of benzene rings is 2. The Bertz CT molecular complexity index is 957. The van der Waals surface area contributed by atoms with Crippen LogP contribution >= 0.6 is 26.3 Å². The van der Waals surface area contributed by atoms with Crippen molar-refractivity contribution in [3.63, 3.8) is 0 Å². The van der Waals surface area contributed by atoms with Crippen molar-refractivity contribution in [2.75, 3.05) is 13.2 Å². The summed E-state index contributed by atoms with van der Waals surface area (Å²) in [6.45, 7) is 1.99. The summed E-state index contributed by atoms with van der Waals surface area (Å²) in [7, 11) is -4.41. The zero-order chi connectivity index (χ0) is 23.3. The Morgan fingerprint density at radius 1 is 0.906 bits per heavy atom. The molecule has 2 fully saturated rings. The summed E-state index contributed by atoms with van der Waals surface area (Å²) in [5.41, 5.74) is 0.407. The molecule has 2 aliphatic heterocycles. The minimum absolute atomic E-state index is 0.0286. The second-order valence-electron chi connectivity index (χ2n) is 9.57. The van der Waals surface area contributed by atoms with Gasteiger partial charge >= 0.3 is 194 Å². The van der Waals surface area contributed by atoms with Crippen LogP contribution in [0.25, 0.3) is 0 Å². The Balaban J connectivity index is 1.61. The third-order valence-electron chi connectivity index (χ3n) is 5.60. The first kappa shape index (κ1) is 24.4. The molecule has 2 aromatic carbocycles. The summed E-state index contributed by atoms with van der Waals surface area (Å²) in [6.07, 6.45) is -1.38. The molecule has 2 heterocycles. The summed E-state index contributed by atoms with van der Waals surface area (Å²) in [5, 5.41) is 0. The van der Waals surface area contributed by atoms with Crippen LogP contribution in [0.5, 0.6) is 0 Å². The van der Waals surface area contributed by atoms with Gasteiger partial charge in [-0.3, -0.25) is 0 Å². The van der Waals surface area contributed by atoms with E-state index in [0.29, 0.717) is 0 Å². The normalized spacial score (nSPS) is 34.2. The second-order valence-corrected chi connectivity index (χ2v) is 15.2. The molecule has 0 bridgehead atoms. The van der Waals surface area contributed by atoms with Crippen molar-refractivity contribution >= 4 is 26.3 Å². The van der Waals surface area contributed by atoms with E-state index in [2.05, 4.69) is 0 Å². The van der Waals surface area contributed by atoms with E-state index in [9.17, 15) is 9.79 Å². The standard InChI is InChI=1S/C22H28ClO7P2/c1-21(2)15-26-31(24,28-19(21)17-11-7-5-8-12-17)30-32(23,25)27-16-22(3,4)20(29-32)18-13-9-6-10-14-18/h5-14,19-20H,15-16H2,1-4H3/q-1/t19-,20-,31?/m1/s1.